The van der Waals surface area contributed by atoms with Crippen LogP contribution in [0.15, 0.2) is 54.6 Å². The number of carbonyl (C=O) groups excluding carboxylic acids is 3. The molecule has 0 aliphatic rings. The van der Waals surface area contributed by atoms with Crippen LogP contribution in [0.25, 0.3) is 0 Å². The fraction of sp³-hybridized carbons (Fsp3) is 0.333. The second-order valence-corrected chi connectivity index (χ2v) is 7.68. The van der Waals surface area contributed by atoms with Gasteiger partial charge in [0.2, 0.25) is 11.8 Å². The maximum atomic E-state index is 12.5. The van der Waals surface area contributed by atoms with Gasteiger partial charge in [0.05, 0.1) is 12.2 Å². The lowest BCUT2D eigenvalue weighted by molar-refractivity contribution is -0.126. The van der Waals surface area contributed by atoms with Gasteiger partial charge in [-0.05, 0) is 36.3 Å². The van der Waals surface area contributed by atoms with Crippen LogP contribution in [-0.4, -0.2) is 29.4 Å². The van der Waals surface area contributed by atoms with Crippen molar-refractivity contribution in [2.24, 2.45) is 0 Å². The molecule has 0 saturated heterocycles. The second kappa shape index (κ2) is 14.6. The number of hydrogen-bond acceptors (Lipinski definition) is 5. The third kappa shape index (κ3) is 10.1. The van der Waals surface area contributed by atoms with Gasteiger partial charge in [0.25, 0.3) is 5.91 Å². The number of unbranched alkanes of at least 4 members (excludes halogenated alkanes) is 2. The Morgan fingerprint density at radius 2 is 1.58 bits per heavy atom. The molecule has 2 aromatic carbocycles. The molecule has 2 rings (SSSR count). The number of hydrazine groups is 1. The molecule has 33 heavy (non-hydrogen) atoms. The average Bonchev–Trinajstić information content (AvgIpc) is 2.83. The van der Waals surface area contributed by atoms with Crippen LogP contribution < -0.4 is 26.2 Å². The van der Waals surface area contributed by atoms with E-state index in [1.165, 1.54) is 0 Å². The highest BCUT2D eigenvalue weighted by Gasteiger charge is 2.14. The first-order valence-corrected chi connectivity index (χ1v) is 11.3. The van der Waals surface area contributed by atoms with E-state index in [4.69, 9.17) is 17.0 Å². The lowest BCUT2D eigenvalue weighted by Gasteiger charge is -2.13. The van der Waals surface area contributed by atoms with Crippen molar-refractivity contribution < 1.29 is 19.1 Å². The summed E-state index contributed by atoms with van der Waals surface area (Å²) in [6.45, 7) is 3.03. The molecule has 0 bridgehead atoms. The average molecular weight is 471 g/mol. The van der Waals surface area contributed by atoms with Crippen LogP contribution in [0.4, 0.5) is 0 Å². The van der Waals surface area contributed by atoms with E-state index in [0.717, 1.165) is 24.8 Å². The molecule has 2 aromatic rings. The number of ether oxygens (including phenoxy) is 1. The fourth-order valence-electron chi connectivity index (χ4n) is 2.82. The molecule has 9 heteroatoms. The van der Waals surface area contributed by atoms with Crippen LogP contribution in [0, 0.1) is 0 Å². The highest BCUT2D eigenvalue weighted by atomic mass is 32.1. The van der Waals surface area contributed by atoms with Gasteiger partial charge in [-0.3, -0.25) is 30.6 Å². The van der Waals surface area contributed by atoms with Crippen LogP contribution >= 0.6 is 12.2 Å². The Balaban J connectivity index is 1.69. The normalized spacial score (nSPS) is 10.1. The zero-order chi connectivity index (χ0) is 23.9. The van der Waals surface area contributed by atoms with E-state index >= 15 is 0 Å². The Bertz CT molecular complexity index is 937. The van der Waals surface area contributed by atoms with E-state index in [2.05, 4.69) is 28.4 Å². The van der Waals surface area contributed by atoms with E-state index in [-0.39, 0.29) is 23.9 Å². The number of hydrogen-bond donors (Lipinski definition) is 4. The summed E-state index contributed by atoms with van der Waals surface area (Å²) >= 11 is 5.07. The summed E-state index contributed by atoms with van der Waals surface area (Å²) in [4.78, 5) is 36.4. The molecule has 0 fully saturated rings. The summed E-state index contributed by atoms with van der Waals surface area (Å²) in [5, 5.41) is 5.19. The standard InChI is InChI=1S/C24H30N4O4S/c1-2-3-9-16-32-20-13-8-7-12-19(20)23(31)26-24(33)28-27-22(30)15-14-21(29)25-17-18-10-5-4-6-11-18/h4-8,10-13H,2-3,9,14-17H2,1H3,(H,25,29)(H,27,30)(H2,26,28,31,33). The van der Waals surface area contributed by atoms with E-state index in [1.54, 1.807) is 24.3 Å². The van der Waals surface area contributed by atoms with Gasteiger partial charge in [0.1, 0.15) is 5.75 Å². The minimum absolute atomic E-state index is 0.0292. The van der Waals surface area contributed by atoms with Gasteiger partial charge in [-0.15, -0.1) is 0 Å². The summed E-state index contributed by atoms with van der Waals surface area (Å²) in [7, 11) is 0. The number of carbonyl (C=O) groups is 3. The summed E-state index contributed by atoms with van der Waals surface area (Å²) < 4.78 is 5.71. The first-order chi connectivity index (χ1) is 16.0. The maximum absolute atomic E-state index is 12.5. The molecule has 0 heterocycles. The molecule has 8 nitrogen and oxygen atoms in total. The summed E-state index contributed by atoms with van der Waals surface area (Å²) in [5.74, 6) is -0.644. The third-order valence-corrected chi connectivity index (χ3v) is 4.80. The van der Waals surface area contributed by atoms with Gasteiger partial charge in [0, 0.05) is 19.4 Å². The van der Waals surface area contributed by atoms with Gasteiger partial charge in [0.15, 0.2) is 5.11 Å². The lowest BCUT2D eigenvalue weighted by Crippen LogP contribution is -2.48. The molecule has 0 aliphatic heterocycles. The third-order valence-electron chi connectivity index (χ3n) is 4.59. The fourth-order valence-corrected chi connectivity index (χ4v) is 2.96. The molecule has 0 spiro atoms. The first-order valence-electron chi connectivity index (χ1n) is 10.9. The van der Waals surface area contributed by atoms with Crippen molar-refractivity contribution in [3.63, 3.8) is 0 Å². The maximum Gasteiger partial charge on any atom is 0.261 e. The molecular weight excluding hydrogens is 440 g/mol. The van der Waals surface area contributed by atoms with Crippen LogP contribution in [0.3, 0.4) is 0 Å². The SMILES string of the molecule is CCCCCOc1ccccc1C(=O)NC(=S)NNC(=O)CCC(=O)NCc1ccccc1. The highest BCUT2D eigenvalue weighted by Crippen LogP contribution is 2.18. The predicted octanol–water partition coefficient (Wildman–Crippen LogP) is 2.99. The Morgan fingerprint density at radius 1 is 0.879 bits per heavy atom. The van der Waals surface area contributed by atoms with Crippen molar-refractivity contribution in [2.45, 2.75) is 45.6 Å². The van der Waals surface area contributed by atoms with E-state index in [9.17, 15) is 14.4 Å². The minimum atomic E-state index is -0.451. The highest BCUT2D eigenvalue weighted by molar-refractivity contribution is 7.80. The molecule has 3 amide bonds. The van der Waals surface area contributed by atoms with Gasteiger partial charge >= 0.3 is 0 Å². The molecule has 0 aliphatic carbocycles. The Morgan fingerprint density at radius 3 is 2.33 bits per heavy atom. The van der Waals surface area contributed by atoms with Crippen LogP contribution in [0.1, 0.15) is 54.9 Å². The molecule has 0 aromatic heterocycles. The second-order valence-electron chi connectivity index (χ2n) is 7.27. The van der Waals surface area contributed by atoms with Gasteiger partial charge < -0.3 is 10.1 Å². The molecule has 0 atom stereocenters. The summed E-state index contributed by atoms with van der Waals surface area (Å²) in [5.41, 5.74) is 6.17. The zero-order valence-corrected chi connectivity index (χ0v) is 19.5. The smallest absolute Gasteiger partial charge is 0.261 e. The van der Waals surface area contributed by atoms with Crippen molar-refractivity contribution in [1.29, 1.82) is 0 Å². The largest absolute Gasteiger partial charge is 0.493 e. The number of amides is 3. The molecule has 0 radical (unpaired) electrons. The minimum Gasteiger partial charge on any atom is -0.493 e. The van der Waals surface area contributed by atoms with E-state index in [1.807, 2.05) is 30.3 Å². The number of thiocarbonyl (C=S) groups is 1. The van der Waals surface area contributed by atoms with Gasteiger partial charge in [-0.1, -0.05) is 62.2 Å². The van der Waals surface area contributed by atoms with Crippen molar-refractivity contribution in [3.05, 3.63) is 65.7 Å². The van der Waals surface area contributed by atoms with Crippen LogP contribution in [-0.2, 0) is 16.1 Å². The van der Waals surface area contributed by atoms with Crippen molar-refractivity contribution in [3.8, 4) is 5.75 Å². The van der Waals surface area contributed by atoms with Crippen molar-refractivity contribution in [1.82, 2.24) is 21.5 Å². The topological polar surface area (TPSA) is 109 Å². The van der Waals surface area contributed by atoms with Gasteiger partial charge in [-0.25, -0.2) is 0 Å². The monoisotopic (exact) mass is 470 g/mol. The molecule has 176 valence electrons. The summed E-state index contributed by atoms with van der Waals surface area (Å²) in [6.07, 6.45) is 3.04. The number of rotatable bonds is 11. The van der Waals surface area contributed by atoms with Crippen LogP contribution in [0.2, 0.25) is 0 Å². The predicted molar refractivity (Wildman–Crippen MR) is 130 cm³/mol. The molecule has 4 N–H and O–H groups in total. The molecule has 0 saturated carbocycles. The Hall–Kier alpha value is -3.46. The van der Waals surface area contributed by atoms with Crippen LogP contribution in [0.5, 0.6) is 5.75 Å². The molecule has 0 unspecified atom stereocenters. The number of benzene rings is 2. The van der Waals surface area contributed by atoms with E-state index < -0.39 is 11.8 Å². The summed E-state index contributed by atoms with van der Waals surface area (Å²) in [6, 6.07) is 16.4. The quantitative estimate of drug-likeness (QED) is 0.228. The van der Waals surface area contributed by atoms with Crippen molar-refractivity contribution in [2.75, 3.05) is 6.61 Å². The number of para-hydroxylation sites is 1. The Labute approximate surface area is 199 Å². The first kappa shape index (κ1) is 25.8. The Kier molecular flexibility index (Phi) is 11.4. The number of nitrogens with one attached hydrogen (secondary N) is 4. The van der Waals surface area contributed by atoms with Crippen molar-refractivity contribution >= 4 is 35.1 Å². The van der Waals surface area contributed by atoms with E-state index in [0.29, 0.717) is 24.5 Å². The van der Waals surface area contributed by atoms with Gasteiger partial charge in [-0.2, -0.15) is 0 Å². The lowest BCUT2D eigenvalue weighted by atomic mass is 10.2. The molecular formula is C24H30N4O4S. The zero-order valence-electron chi connectivity index (χ0n) is 18.7.